The highest BCUT2D eigenvalue weighted by molar-refractivity contribution is 5.95. The van der Waals surface area contributed by atoms with Crippen LogP contribution in [0.25, 0.3) is 0 Å². The van der Waals surface area contributed by atoms with Gasteiger partial charge in [0.05, 0.1) is 32.3 Å². The van der Waals surface area contributed by atoms with Crippen LogP contribution >= 0.6 is 0 Å². The van der Waals surface area contributed by atoms with Crippen molar-refractivity contribution >= 4 is 17.4 Å². The van der Waals surface area contributed by atoms with Crippen LogP contribution in [0.15, 0.2) is 51.6 Å². The van der Waals surface area contributed by atoms with Gasteiger partial charge >= 0.3 is 5.69 Å². The summed E-state index contributed by atoms with van der Waals surface area (Å²) in [6, 6.07) is 9.37. The number of ether oxygens (including phenoxy) is 2. The number of hydrogen-bond acceptors (Lipinski definition) is 6. The van der Waals surface area contributed by atoms with Crippen molar-refractivity contribution in [2.45, 2.75) is 64.0 Å². The second kappa shape index (κ2) is 12.7. The second-order valence-electron chi connectivity index (χ2n) is 9.43. The number of nitrogens with one attached hydrogen (secondary N) is 1. The van der Waals surface area contributed by atoms with E-state index in [4.69, 9.17) is 15.2 Å². The maximum atomic E-state index is 13.4. The number of aromatic nitrogens is 2. The van der Waals surface area contributed by atoms with Gasteiger partial charge in [-0.3, -0.25) is 19.1 Å². The van der Waals surface area contributed by atoms with Crippen molar-refractivity contribution in [2.75, 3.05) is 37.0 Å². The number of anilines is 2. The highest BCUT2D eigenvalue weighted by atomic mass is 16.5. The van der Waals surface area contributed by atoms with Crippen LogP contribution in [0.2, 0.25) is 0 Å². The number of nitrogen functional groups attached to an aromatic ring is 1. The monoisotopic (exact) mass is 496 g/mol. The first-order chi connectivity index (χ1) is 17.5. The van der Waals surface area contributed by atoms with Crippen molar-refractivity contribution in [2.24, 2.45) is 0 Å². The third kappa shape index (κ3) is 6.73. The molecule has 194 valence electrons. The molecule has 1 aromatic heterocycles. The summed E-state index contributed by atoms with van der Waals surface area (Å²) in [6.45, 7) is 1.92. The zero-order valence-electron chi connectivity index (χ0n) is 20.7. The number of carbonyl (C=O) groups is 1. The predicted molar refractivity (Wildman–Crippen MR) is 139 cm³/mol. The molecule has 1 saturated heterocycles. The lowest BCUT2D eigenvalue weighted by atomic mass is 9.97. The van der Waals surface area contributed by atoms with Gasteiger partial charge < -0.3 is 20.1 Å². The topological polar surface area (TPSA) is 120 Å². The molecule has 0 bridgehead atoms. The molecule has 1 fully saturated rings. The van der Waals surface area contributed by atoms with E-state index < -0.39 is 11.2 Å². The average Bonchev–Trinajstić information content (AvgIpc) is 3.41. The van der Waals surface area contributed by atoms with Crippen LogP contribution in [0.1, 0.15) is 56.9 Å². The summed E-state index contributed by atoms with van der Waals surface area (Å²) >= 11 is 0. The number of nitrogens with two attached hydrogens (primary N) is 1. The van der Waals surface area contributed by atoms with Crippen molar-refractivity contribution < 1.29 is 14.3 Å². The molecule has 2 aromatic rings. The Balaban J connectivity index is 1.55. The van der Waals surface area contributed by atoms with Crippen LogP contribution in [0.4, 0.5) is 11.5 Å². The highest BCUT2D eigenvalue weighted by Gasteiger charge is 2.25. The molecule has 2 heterocycles. The number of allylic oxidation sites excluding steroid dienone is 1. The summed E-state index contributed by atoms with van der Waals surface area (Å²) in [4.78, 5) is 42.8. The summed E-state index contributed by atoms with van der Waals surface area (Å²) < 4.78 is 12.6. The van der Waals surface area contributed by atoms with Crippen molar-refractivity contribution in [3.63, 3.8) is 0 Å². The molecule has 1 unspecified atom stereocenters. The summed E-state index contributed by atoms with van der Waals surface area (Å²) in [6.07, 6.45) is 9.36. The lowest BCUT2D eigenvalue weighted by Gasteiger charge is -2.26. The van der Waals surface area contributed by atoms with E-state index in [-0.39, 0.29) is 43.1 Å². The molecule has 1 aromatic carbocycles. The third-order valence-electron chi connectivity index (χ3n) is 6.80. The molecule has 2 aliphatic rings. The summed E-state index contributed by atoms with van der Waals surface area (Å²) in [5, 5.41) is 0. The highest BCUT2D eigenvalue weighted by Crippen LogP contribution is 2.24. The van der Waals surface area contributed by atoms with E-state index in [1.165, 1.54) is 21.5 Å². The quantitative estimate of drug-likeness (QED) is 0.365. The van der Waals surface area contributed by atoms with Gasteiger partial charge in [-0.2, -0.15) is 0 Å². The zero-order valence-corrected chi connectivity index (χ0v) is 20.7. The number of benzene rings is 1. The zero-order chi connectivity index (χ0) is 25.3. The maximum absolute atomic E-state index is 13.4. The van der Waals surface area contributed by atoms with Crippen LogP contribution in [0, 0.1) is 0 Å². The van der Waals surface area contributed by atoms with E-state index in [0.29, 0.717) is 19.6 Å². The molecule has 0 saturated carbocycles. The number of carbonyl (C=O) groups excluding carboxylic acids is 1. The first-order valence-electron chi connectivity index (χ1n) is 12.9. The van der Waals surface area contributed by atoms with Gasteiger partial charge in [0, 0.05) is 13.2 Å². The standard InChI is InChI=1S/C27H36N4O5/c28-25-24(26(33)29-27(34)31(25)18-21-10-5-2-6-11-21)30(15-13-20-8-3-1-4-9-20)23(32)14-17-35-19-22-12-7-16-36-22/h2,5-6,8,10-11,22H,1,3-4,7,9,12-19,28H2,(H,29,33,34). The molecular formula is C27H36N4O5. The molecule has 1 aliphatic carbocycles. The molecule has 3 N–H and O–H groups in total. The third-order valence-corrected chi connectivity index (χ3v) is 6.80. The Labute approximate surface area is 210 Å². The lowest BCUT2D eigenvalue weighted by Crippen LogP contribution is -2.42. The van der Waals surface area contributed by atoms with E-state index in [9.17, 15) is 14.4 Å². The van der Waals surface area contributed by atoms with Gasteiger partial charge in [0.15, 0.2) is 5.69 Å². The lowest BCUT2D eigenvalue weighted by molar-refractivity contribution is -0.120. The normalized spacial score (nSPS) is 17.7. The molecular weight excluding hydrogens is 460 g/mol. The largest absolute Gasteiger partial charge is 0.383 e. The fraction of sp³-hybridized carbons (Fsp3) is 0.519. The fourth-order valence-electron chi connectivity index (χ4n) is 4.79. The van der Waals surface area contributed by atoms with Crippen molar-refractivity contribution in [3.8, 4) is 0 Å². The average molecular weight is 497 g/mol. The van der Waals surface area contributed by atoms with Crippen molar-refractivity contribution in [3.05, 3.63) is 68.4 Å². The van der Waals surface area contributed by atoms with E-state index in [0.717, 1.165) is 44.3 Å². The van der Waals surface area contributed by atoms with Crippen LogP contribution in [-0.4, -0.2) is 47.9 Å². The Bertz CT molecular complexity index is 1160. The van der Waals surface area contributed by atoms with Gasteiger partial charge in [-0.25, -0.2) is 4.79 Å². The summed E-state index contributed by atoms with van der Waals surface area (Å²) in [5.74, 6) is -0.278. The fourth-order valence-corrected chi connectivity index (χ4v) is 4.79. The number of nitrogens with zero attached hydrogens (tertiary/aromatic N) is 2. The number of H-pyrrole nitrogens is 1. The molecule has 1 amide bonds. The van der Waals surface area contributed by atoms with E-state index >= 15 is 0 Å². The Morgan fingerprint density at radius 2 is 2.03 bits per heavy atom. The number of amides is 1. The smallest absolute Gasteiger partial charge is 0.330 e. The minimum Gasteiger partial charge on any atom is -0.383 e. The van der Waals surface area contributed by atoms with E-state index in [2.05, 4.69) is 11.1 Å². The van der Waals surface area contributed by atoms with Gasteiger partial charge in [0.25, 0.3) is 5.56 Å². The summed E-state index contributed by atoms with van der Waals surface area (Å²) in [7, 11) is 0. The maximum Gasteiger partial charge on any atom is 0.330 e. The molecule has 1 atom stereocenters. The number of rotatable bonds is 11. The second-order valence-corrected chi connectivity index (χ2v) is 9.43. The minimum absolute atomic E-state index is 0.0150. The number of hydrogen-bond donors (Lipinski definition) is 2. The predicted octanol–water partition coefficient (Wildman–Crippen LogP) is 2.98. The Morgan fingerprint density at radius 1 is 1.19 bits per heavy atom. The van der Waals surface area contributed by atoms with Crippen LogP contribution in [0.5, 0.6) is 0 Å². The van der Waals surface area contributed by atoms with Crippen LogP contribution < -0.4 is 21.9 Å². The molecule has 0 radical (unpaired) electrons. The molecule has 36 heavy (non-hydrogen) atoms. The van der Waals surface area contributed by atoms with Gasteiger partial charge in [0.2, 0.25) is 5.91 Å². The molecule has 9 nitrogen and oxygen atoms in total. The summed E-state index contributed by atoms with van der Waals surface area (Å²) in [5.41, 5.74) is 7.30. The Kier molecular flexibility index (Phi) is 9.13. The molecule has 9 heteroatoms. The Hall–Kier alpha value is -3.17. The van der Waals surface area contributed by atoms with Gasteiger partial charge in [-0.05, 0) is 50.5 Å². The first-order valence-corrected chi connectivity index (χ1v) is 12.9. The first kappa shape index (κ1) is 25.9. The molecule has 4 rings (SSSR count). The molecule has 1 aliphatic heterocycles. The minimum atomic E-state index is -0.659. The Morgan fingerprint density at radius 3 is 2.75 bits per heavy atom. The van der Waals surface area contributed by atoms with E-state index in [1.54, 1.807) is 0 Å². The molecule has 0 spiro atoms. The van der Waals surface area contributed by atoms with Gasteiger partial charge in [-0.15, -0.1) is 0 Å². The SMILES string of the molecule is Nc1c(N(CCC2=CCCCC2)C(=O)CCOCC2CCCO2)c(=O)[nH]c(=O)n1Cc1ccccc1. The number of aromatic amines is 1. The van der Waals surface area contributed by atoms with E-state index in [1.807, 2.05) is 30.3 Å². The van der Waals surface area contributed by atoms with Crippen molar-refractivity contribution in [1.29, 1.82) is 0 Å². The van der Waals surface area contributed by atoms with Gasteiger partial charge in [0.1, 0.15) is 5.82 Å². The van der Waals surface area contributed by atoms with Crippen molar-refractivity contribution in [1.82, 2.24) is 9.55 Å². The van der Waals surface area contributed by atoms with Crippen LogP contribution in [-0.2, 0) is 20.8 Å². The van der Waals surface area contributed by atoms with Crippen LogP contribution in [0.3, 0.4) is 0 Å². The van der Waals surface area contributed by atoms with Gasteiger partial charge in [-0.1, -0.05) is 42.0 Å².